The van der Waals surface area contributed by atoms with Crippen LogP contribution in [0.1, 0.15) is 47.0 Å². The Balaban J connectivity index is 1.48. The molecule has 1 aliphatic heterocycles. The van der Waals surface area contributed by atoms with Crippen LogP contribution in [-0.2, 0) is 11.3 Å². The van der Waals surface area contributed by atoms with E-state index in [-0.39, 0.29) is 11.5 Å². The maximum atomic E-state index is 12.9. The highest BCUT2D eigenvalue weighted by atomic mass is 32.2. The van der Waals surface area contributed by atoms with Gasteiger partial charge in [0.05, 0.1) is 17.0 Å². The molecule has 1 N–H and O–H groups in total. The minimum Gasteiger partial charge on any atom is -0.478 e. The molecule has 5 nitrogen and oxygen atoms in total. The van der Waals surface area contributed by atoms with E-state index in [1.807, 2.05) is 12.1 Å². The number of thioether (sulfide) groups is 1. The van der Waals surface area contributed by atoms with Crippen LogP contribution < -0.4 is 0 Å². The van der Waals surface area contributed by atoms with Gasteiger partial charge in [-0.05, 0) is 41.3 Å². The number of furan rings is 1. The van der Waals surface area contributed by atoms with Crippen molar-refractivity contribution in [1.82, 2.24) is 4.90 Å². The highest BCUT2D eigenvalue weighted by Gasteiger charge is 2.32. The summed E-state index contributed by atoms with van der Waals surface area (Å²) >= 11 is 6.70. The van der Waals surface area contributed by atoms with Gasteiger partial charge in [0.25, 0.3) is 5.91 Å². The van der Waals surface area contributed by atoms with Gasteiger partial charge < -0.3 is 9.52 Å². The summed E-state index contributed by atoms with van der Waals surface area (Å²) in [6.45, 7) is 4.72. The summed E-state index contributed by atoms with van der Waals surface area (Å²) in [5.74, 6) is 0.459. The van der Waals surface area contributed by atoms with E-state index in [1.54, 1.807) is 35.2 Å². The molecule has 0 radical (unpaired) electrons. The van der Waals surface area contributed by atoms with Crippen molar-refractivity contribution < 1.29 is 19.1 Å². The fourth-order valence-corrected chi connectivity index (χ4v) is 4.55. The van der Waals surface area contributed by atoms with Gasteiger partial charge in [0.15, 0.2) is 0 Å². The Kier molecular flexibility index (Phi) is 6.30. The summed E-state index contributed by atoms with van der Waals surface area (Å²) in [5, 5.41) is 9.02. The number of carboxylic acid groups (broad SMARTS) is 1. The van der Waals surface area contributed by atoms with Gasteiger partial charge in [-0.1, -0.05) is 74.2 Å². The molecule has 0 atom stereocenters. The lowest BCUT2D eigenvalue weighted by molar-refractivity contribution is -0.122. The number of carbonyl (C=O) groups is 2. The van der Waals surface area contributed by atoms with Crippen LogP contribution in [0.3, 0.4) is 0 Å². The third kappa shape index (κ3) is 4.69. The third-order valence-corrected chi connectivity index (χ3v) is 6.55. The SMILES string of the molecule is CC(C)c1ccc(CN2C(=O)C(=Cc3ccc(-c4ccc(C(=O)O)cc4)o3)SC2=S)cc1. The van der Waals surface area contributed by atoms with Gasteiger partial charge in [-0.2, -0.15) is 0 Å². The van der Waals surface area contributed by atoms with Gasteiger partial charge in [0.2, 0.25) is 0 Å². The lowest BCUT2D eigenvalue weighted by atomic mass is 10.0. The molecule has 162 valence electrons. The average molecular weight is 464 g/mol. The summed E-state index contributed by atoms with van der Waals surface area (Å²) < 4.78 is 6.37. The number of carboxylic acids is 1. The molecule has 0 saturated carbocycles. The van der Waals surface area contributed by atoms with Crippen molar-refractivity contribution in [3.63, 3.8) is 0 Å². The number of aromatic carboxylic acids is 1. The molecule has 2 heterocycles. The largest absolute Gasteiger partial charge is 0.478 e. The second-order valence-electron chi connectivity index (χ2n) is 7.75. The van der Waals surface area contributed by atoms with Crippen LogP contribution >= 0.6 is 24.0 Å². The molecule has 7 heteroatoms. The molecular weight excluding hydrogens is 442 g/mol. The van der Waals surface area contributed by atoms with E-state index in [1.165, 1.54) is 29.5 Å². The number of hydrogen-bond donors (Lipinski definition) is 1. The van der Waals surface area contributed by atoms with Crippen LogP contribution in [0.2, 0.25) is 0 Å². The van der Waals surface area contributed by atoms with Gasteiger partial charge >= 0.3 is 5.97 Å². The van der Waals surface area contributed by atoms with Crippen LogP contribution in [0.5, 0.6) is 0 Å². The maximum absolute atomic E-state index is 12.9. The minimum atomic E-state index is -0.977. The first-order chi connectivity index (χ1) is 15.3. The first kappa shape index (κ1) is 22.0. The zero-order valence-corrected chi connectivity index (χ0v) is 19.2. The van der Waals surface area contributed by atoms with Crippen LogP contribution in [0.15, 0.2) is 70.0 Å². The topological polar surface area (TPSA) is 70.8 Å². The predicted molar refractivity (Wildman–Crippen MR) is 130 cm³/mol. The number of amides is 1. The summed E-state index contributed by atoms with van der Waals surface area (Å²) in [6.07, 6.45) is 1.69. The van der Waals surface area contributed by atoms with Gasteiger partial charge in [-0.25, -0.2) is 4.79 Å². The number of thiocarbonyl (C=S) groups is 1. The monoisotopic (exact) mass is 463 g/mol. The highest BCUT2D eigenvalue weighted by molar-refractivity contribution is 8.26. The molecule has 1 aliphatic rings. The van der Waals surface area contributed by atoms with Gasteiger partial charge in [0.1, 0.15) is 15.8 Å². The standard InChI is InChI=1S/C25H21NO4S2/c1-15(2)17-5-3-16(4-6-17)14-26-23(27)22(32-25(26)31)13-20-11-12-21(30-20)18-7-9-19(10-8-18)24(28)29/h3-13,15H,14H2,1-2H3,(H,28,29). The number of nitrogens with zero attached hydrogens (tertiary/aromatic N) is 1. The third-order valence-electron chi connectivity index (χ3n) is 5.18. The van der Waals surface area contributed by atoms with Crippen LogP contribution in [0, 0.1) is 0 Å². The Bertz CT molecular complexity index is 1210. The molecule has 1 amide bonds. The summed E-state index contributed by atoms with van der Waals surface area (Å²) in [7, 11) is 0. The second kappa shape index (κ2) is 9.14. The zero-order valence-electron chi connectivity index (χ0n) is 17.6. The van der Waals surface area contributed by atoms with E-state index in [0.29, 0.717) is 33.2 Å². The molecule has 3 aromatic rings. The highest BCUT2D eigenvalue weighted by Crippen LogP contribution is 2.34. The molecule has 0 unspecified atom stereocenters. The Labute approximate surface area is 195 Å². The molecule has 1 fully saturated rings. The van der Waals surface area contributed by atoms with Crippen molar-refractivity contribution in [3.8, 4) is 11.3 Å². The van der Waals surface area contributed by atoms with Crippen molar-refractivity contribution in [2.45, 2.75) is 26.3 Å². The Morgan fingerprint density at radius 1 is 1.09 bits per heavy atom. The fraction of sp³-hybridized carbons (Fsp3) is 0.160. The lowest BCUT2D eigenvalue weighted by Gasteiger charge is -2.15. The first-order valence-corrected chi connectivity index (χ1v) is 11.3. The van der Waals surface area contributed by atoms with E-state index in [4.69, 9.17) is 21.7 Å². The zero-order chi connectivity index (χ0) is 22.8. The molecule has 32 heavy (non-hydrogen) atoms. The number of hydrogen-bond acceptors (Lipinski definition) is 5. The summed E-state index contributed by atoms with van der Waals surface area (Å²) in [5.41, 5.74) is 3.25. The Morgan fingerprint density at radius 2 is 1.78 bits per heavy atom. The normalized spacial score (nSPS) is 15.2. The molecule has 0 spiro atoms. The second-order valence-corrected chi connectivity index (χ2v) is 9.42. The fourth-order valence-electron chi connectivity index (χ4n) is 3.32. The van der Waals surface area contributed by atoms with Crippen molar-refractivity contribution in [2.24, 2.45) is 0 Å². The summed E-state index contributed by atoms with van der Waals surface area (Å²) in [6, 6.07) is 18.2. The van der Waals surface area contributed by atoms with Crippen molar-refractivity contribution >= 4 is 46.3 Å². The van der Waals surface area contributed by atoms with E-state index in [0.717, 1.165) is 11.1 Å². The van der Waals surface area contributed by atoms with Crippen molar-refractivity contribution in [2.75, 3.05) is 0 Å². The predicted octanol–water partition coefficient (Wildman–Crippen LogP) is 6.17. The number of rotatable bonds is 6. The van der Waals surface area contributed by atoms with Gasteiger partial charge in [-0.15, -0.1) is 0 Å². The molecule has 1 aromatic heterocycles. The minimum absolute atomic E-state index is 0.142. The number of carbonyl (C=O) groups excluding carboxylic acids is 1. The first-order valence-electron chi connectivity index (χ1n) is 10.1. The lowest BCUT2D eigenvalue weighted by Crippen LogP contribution is -2.27. The molecule has 1 saturated heterocycles. The quantitative estimate of drug-likeness (QED) is 0.348. The van der Waals surface area contributed by atoms with E-state index in [2.05, 4.69) is 26.0 Å². The maximum Gasteiger partial charge on any atom is 0.335 e. The average Bonchev–Trinajstić information content (AvgIpc) is 3.34. The van der Waals surface area contributed by atoms with Crippen molar-refractivity contribution in [1.29, 1.82) is 0 Å². The van der Waals surface area contributed by atoms with E-state index >= 15 is 0 Å². The Hall–Kier alpha value is -3.16. The summed E-state index contributed by atoms with van der Waals surface area (Å²) in [4.78, 5) is 26.0. The molecule has 4 rings (SSSR count). The molecule has 0 bridgehead atoms. The van der Waals surface area contributed by atoms with Crippen LogP contribution in [0.4, 0.5) is 0 Å². The van der Waals surface area contributed by atoms with E-state index < -0.39 is 5.97 Å². The molecular formula is C25H21NO4S2. The van der Waals surface area contributed by atoms with E-state index in [9.17, 15) is 9.59 Å². The van der Waals surface area contributed by atoms with Crippen LogP contribution in [-0.4, -0.2) is 26.2 Å². The number of benzene rings is 2. The van der Waals surface area contributed by atoms with Gasteiger partial charge in [0, 0.05) is 11.6 Å². The Morgan fingerprint density at radius 3 is 2.41 bits per heavy atom. The van der Waals surface area contributed by atoms with Crippen LogP contribution in [0.25, 0.3) is 17.4 Å². The molecule has 2 aromatic carbocycles. The van der Waals surface area contributed by atoms with Crippen molar-refractivity contribution in [3.05, 3.63) is 88.0 Å². The smallest absolute Gasteiger partial charge is 0.335 e. The molecule has 0 aliphatic carbocycles. The van der Waals surface area contributed by atoms with Gasteiger partial charge in [-0.3, -0.25) is 9.69 Å².